The smallest absolute Gasteiger partial charge is 0.337 e. The van der Waals surface area contributed by atoms with Crippen LogP contribution in [0.25, 0.3) is 21.8 Å². The topological polar surface area (TPSA) is 111 Å². The van der Waals surface area contributed by atoms with Crippen LogP contribution in [-0.2, 0) is 0 Å². The number of nitriles is 1. The number of aromatic carboxylic acids is 1. The lowest BCUT2D eigenvalue weighted by atomic mass is 10.1. The highest BCUT2D eigenvalue weighted by Gasteiger charge is 2.14. The predicted molar refractivity (Wildman–Crippen MR) is 130 cm³/mol. The van der Waals surface area contributed by atoms with Crippen molar-refractivity contribution >= 4 is 27.8 Å². The van der Waals surface area contributed by atoms with Gasteiger partial charge in [-0.2, -0.15) is 5.26 Å². The second-order valence-electron chi connectivity index (χ2n) is 7.83. The largest absolute Gasteiger partial charge is 0.492 e. The number of hydrogen-bond donors (Lipinski definition) is 2. The number of nitrogens with zero attached hydrogens (tertiary/aromatic N) is 3. The molecule has 0 aliphatic rings. The van der Waals surface area contributed by atoms with E-state index in [9.17, 15) is 15.2 Å². The number of pyridine rings is 1. The Kier molecular flexibility index (Phi) is 6.95. The van der Waals surface area contributed by atoms with E-state index in [1.807, 2.05) is 0 Å². The van der Waals surface area contributed by atoms with E-state index < -0.39 is 5.97 Å². The number of aromatic nitrogens is 2. The highest BCUT2D eigenvalue weighted by atomic mass is 16.5. The summed E-state index contributed by atoms with van der Waals surface area (Å²) in [6.45, 7) is 7.71. The van der Waals surface area contributed by atoms with Crippen LogP contribution in [-0.4, -0.2) is 52.2 Å². The van der Waals surface area contributed by atoms with E-state index in [-0.39, 0.29) is 5.56 Å². The van der Waals surface area contributed by atoms with E-state index in [0.717, 1.165) is 26.1 Å². The molecular weight excluding hydrogens is 432 g/mol. The molecule has 0 saturated carbocycles. The minimum absolute atomic E-state index is 0.176. The van der Waals surface area contributed by atoms with Gasteiger partial charge in [0.15, 0.2) is 0 Å². The highest BCUT2D eigenvalue weighted by Crippen LogP contribution is 2.34. The number of fused-ring (bicyclic) bond motifs is 2. The third-order valence-electron chi connectivity index (χ3n) is 5.81. The molecule has 174 valence electrons. The first-order chi connectivity index (χ1) is 16.5. The summed E-state index contributed by atoms with van der Waals surface area (Å²) in [6, 6.07) is 12.6. The van der Waals surface area contributed by atoms with E-state index >= 15 is 0 Å². The van der Waals surface area contributed by atoms with Crippen molar-refractivity contribution in [3.05, 3.63) is 59.9 Å². The first-order valence-corrected chi connectivity index (χ1v) is 11.2. The van der Waals surface area contributed by atoms with E-state index in [0.29, 0.717) is 51.2 Å². The Morgan fingerprint density at radius 3 is 2.71 bits per heavy atom. The highest BCUT2D eigenvalue weighted by molar-refractivity contribution is 6.03. The zero-order valence-corrected chi connectivity index (χ0v) is 19.2. The SMILES string of the molecule is CCN(CC)CCCOc1cc2nccc(Oc3ccc4[nH]cc(C(=O)O)c4c3)c2cc1C#N. The Hall–Kier alpha value is -4.09. The summed E-state index contributed by atoms with van der Waals surface area (Å²) < 4.78 is 12.0. The minimum Gasteiger partial charge on any atom is -0.492 e. The first kappa shape index (κ1) is 23.1. The van der Waals surface area contributed by atoms with Gasteiger partial charge in [-0.25, -0.2) is 4.79 Å². The maximum atomic E-state index is 11.5. The summed E-state index contributed by atoms with van der Waals surface area (Å²) in [5.41, 5.74) is 1.93. The average Bonchev–Trinajstić information content (AvgIpc) is 3.27. The lowest BCUT2D eigenvalue weighted by molar-refractivity contribution is 0.0699. The summed E-state index contributed by atoms with van der Waals surface area (Å²) in [4.78, 5) is 21.2. The molecule has 8 heteroatoms. The Labute approximate surface area is 197 Å². The Morgan fingerprint density at radius 2 is 1.97 bits per heavy atom. The van der Waals surface area contributed by atoms with Gasteiger partial charge in [0.1, 0.15) is 23.3 Å². The van der Waals surface area contributed by atoms with Gasteiger partial charge in [0.25, 0.3) is 0 Å². The number of benzene rings is 2. The van der Waals surface area contributed by atoms with Crippen LogP contribution in [0.3, 0.4) is 0 Å². The molecule has 2 N–H and O–H groups in total. The summed E-state index contributed by atoms with van der Waals surface area (Å²) in [5, 5.41) is 20.3. The molecule has 0 aliphatic carbocycles. The van der Waals surface area contributed by atoms with Crippen LogP contribution in [0.4, 0.5) is 0 Å². The number of hydrogen-bond acceptors (Lipinski definition) is 6. The third kappa shape index (κ3) is 4.80. The summed E-state index contributed by atoms with van der Waals surface area (Å²) in [7, 11) is 0. The fraction of sp³-hybridized carbons (Fsp3) is 0.269. The molecule has 0 spiro atoms. The number of carboxylic acid groups (broad SMARTS) is 1. The summed E-state index contributed by atoms with van der Waals surface area (Å²) in [5.74, 6) is 0.485. The van der Waals surface area contributed by atoms with Gasteiger partial charge in [-0.15, -0.1) is 0 Å². The van der Waals surface area contributed by atoms with Gasteiger partial charge in [0.2, 0.25) is 0 Å². The van der Waals surface area contributed by atoms with E-state index in [1.165, 1.54) is 6.20 Å². The molecule has 0 aliphatic heterocycles. The monoisotopic (exact) mass is 458 g/mol. The van der Waals surface area contributed by atoms with Gasteiger partial charge in [-0.3, -0.25) is 4.98 Å². The van der Waals surface area contributed by atoms with E-state index in [1.54, 1.807) is 42.6 Å². The minimum atomic E-state index is -1.01. The van der Waals surface area contributed by atoms with Crippen molar-refractivity contribution in [2.24, 2.45) is 0 Å². The average molecular weight is 459 g/mol. The summed E-state index contributed by atoms with van der Waals surface area (Å²) >= 11 is 0. The van der Waals surface area contributed by atoms with Crippen LogP contribution in [0.15, 0.2) is 48.8 Å². The predicted octanol–water partition coefficient (Wildman–Crippen LogP) is 5.19. The number of carboxylic acids is 1. The number of carbonyl (C=O) groups is 1. The number of nitrogens with one attached hydrogen (secondary N) is 1. The van der Waals surface area contributed by atoms with Crippen molar-refractivity contribution in [2.75, 3.05) is 26.2 Å². The Balaban J connectivity index is 1.59. The maximum absolute atomic E-state index is 11.5. The van der Waals surface area contributed by atoms with Crippen LogP contribution >= 0.6 is 0 Å². The molecule has 0 fully saturated rings. The number of aromatic amines is 1. The molecule has 0 bridgehead atoms. The Bertz CT molecular complexity index is 1370. The molecule has 4 aromatic rings. The standard InChI is InChI=1S/C26H26N4O4/c1-3-30(4-2)10-5-11-33-25-14-23-20(12-17(25)15-27)24(8-9-28-23)34-18-6-7-22-19(13-18)21(16-29-22)26(31)32/h6-9,12-14,16,29H,3-5,10-11H2,1-2H3,(H,31,32). The van der Waals surface area contributed by atoms with Crippen LogP contribution in [0.1, 0.15) is 36.2 Å². The maximum Gasteiger partial charge on any atom is 0.337 e. The first-order valence-electron chi connectivity index (χ1n) is 11.2. The zero-order chi connectivity index (χ0) is 24.1. The van der Waals surface area contributed by atoms with Crippen molar-refractivity contribution in [1.29, 1.82) is 5.26 Å². The second kappa shape index (κ2) is 10.2. The number of ether oxygens (including phenoxy) is 2. The Morgan fingerprint density at radius 1 is 1.15 bits per heavy atom. The molecule has 8 nitrogen and oxygen atoms in total. The number of rotatable bonds is 10. The molecule has 4 rings (SSSR count). The van der Waals surface area contributed by atoms with Crippen LogP contribution in [0.2, 0.25) is 0 Å². The lowest BCUT2D eigenvalue weighted by Gasteiger charge is -2.18. The van der Waals surface area contributed by atoms with Crippen molar-refractivity contribution in [3.8, 4) is 23.3 Å². The molecule has 2 aromatic carbocycles. The van der Waals surface area contributed by atoms with Crippen molar-refractivity contribution in [1.82, 2.24) is 14.9 Å². The van der Waals surface area contributed by atoms with Crippen LogP contribution in [0, 0.1) is 11.3 Å². The molecule has 0 radical (unpaired) electrons. The molecule has 0 amide bonds. The molecule has 0 saturated heterocycles. The van der Waals surface area contributed by atoms with Gasteiger partial charge < -0.3 is 24.5 Å². The van der Waals surface area contributed by atoms with Gasteiger partial charge in [-0.05, 0) is 49.8 Å². The quantitative estimate of drug-likeness (QED) is 0.315. The van der Waals surface area contributed by atoms with Crippen LogP contribution < -0.4 is 9.47 Å². The normalized spacial score (nSPS) is 11.1. The molecule has 0 atom stereocenters. The molecule has 34 heavy (non-hydrogen) atoms. The molecule has 2 heterocycles. The van der Waals surface area contributed by atoms with E-state index in [2.05, 4.69) is 34.8 Å². The fourth-order valence-electron chi connectivity index (χ4n) is 3.92. The van der Waals surface area contributed by atoms with Crippen molar-refractivity contribution in [3.63, 3.8) is 0 Å². The van der Waals surface area contributed by atoms with Crippen LogP contribution in [0.5, 0.6) is 17.2 Å². The second-order valence-corrected chi connectivity index (χ2v) is 7.83. The molecular formula is C26H26N4O4. The fourth-order valence-corrected chi connectivity index (χ4v) is 3.92. The van der Waals surface area contributed by atoms with Gasteiger partial charge in [-0.1, -0.05) is 13.8 Å². The number of H-pyrrole nitrogens is 1. The lowest BCUT2D eigenvalue weighted by Crippen LogP contribution is -2.25. The van der Waals surface area contributed by atoms with Gasteiger partial charge in [0.05, 0.1) is 23.3 Å². The van der Waals surface area contributed by atoms with Gasteiger partial charge >= 0.3 is 5.97 Å². The zero-order valence-electron chi connectivity index (χ0n) is 19.2. The van der Waals surface area contributed by atoms with E-state index in [4.69, 9.17) is 9.47 Å². The molecule has 2 aromatic heterocycles. The third-order valence-corrected chi connectivity index (χ3v) is 5.81. The van der Waals surface area contributed by atoms with Gasteiger partial charge in [0, 0.05) is 41.3 Å². The van der Waals surface area contributed by atoms with Crippen molar-refractivity contribution in [2.45, 2.75) is 20.3 Å². The molecule has 0 unspecified atom stereocenters. The van der Waals surface area contributed by atoms with Crippen molar-refractivity contribution < 1.29 is 19.4 Å². The summed E-state index contributed by atoms with van der Waals surface area (Å²) in [6.07, 6.45) is 3.95.